The Morgan fingerprint density at radius 2 is 1.00 bits per heavy atom. The van der Waals surface area contributed by atoms with Crippen LogP contribution in [0.3, 0.4) is 0 Å². The third-order valence-corrected chi connectivity index (χ3v) is 6.38. The van der Waals surface area contributed by atoms with Crippen molar-refractivity contribution in [2.75, 3.05) is 28.4 Å². The van der Waals surface area contributed by atoms with Crippen molar-refractivity contribution in [3.05, 3.63) is 95.3 Å². The second-order valence-electron chi connectivity index (χ2n) is 7.84. The van der Waals surface area contributed by atoms with E-state index >= 15 is 0 Å². The molecule has 2 heterocycles. The zero-order chi connectivity index (χ0) is 26.0. The van der Waals surface area contributed by atoms with E-state index in [0.717, 1.165) is 55.3 Å². The molecule has 188 valence electrons. The number of rotatable bonds is 10. The molecule has 0 bridgehead atoms. The molecule has 0 unspecified atom stereocenters. The fourth-order valence-corrected chi connectivity index (χ4v) is 4.39. The lowest BCUT2D eigenvalue weighted by Gasteiger charge is -2.07. The lowest BCUT2D eigenvalue weighted by Crippen LogP contribution is -1.89. The molecule has 4 aromatic rings. The van der Waals surface area contributed by atoms with Gasteiger partial charge < -0.3 is 18.9 Å². The summed E-state index contributed by atoms with van der Waals surface area (Å²) >= 11 is 1.51. The summed E-state index contributed by atoms with van der Waals surface area (Å²) in [5, 5.41) is 1.71. The van der Waals surface area contributed by atoms with Crippen LogP contribution in [0.4, 0.5) is 0 Å². The molecule has 0 aliphatic rings. The van der Waals surface area contributed by atoms with E-state index in [1.807, 2.05) is 85.0 Å². The second kappa shape index (κ2) is 12.6. The van der Waals surface area contributed by atoms with Crippen molar-refractivity contribution in [1.29, 1.82) is 0 Å². The van der Waals surface area contributed by atoms with Crippen molar-refractivity contribution in [2.24, 2.45) is 0 Å². The molecule has 0 saturated carbocycles. The molecule has 0 aliphatic heterocycles. The maximum absolute atomic E-state index is 5.49. The molecule has 0 amide bonds. The molecule has 0 radical (unpaired) electrons. The molecule has 0 spiro atoms. The Morgan fingerprint density at radius 3 is 1.41 bits per heavy atom. The maximum Gasteiger partial charge on any atom is 0.129 e. The zero-order valence-electron chi connectivity index (χ0n) is 21.2. The van der Waals surface area contributed by atoms with E-state index in [0.29, 0.717) is 0 Å². The highest BCUT2D eigenvalue weighted by molar-refractivity contribution is 7.99. The summed E-state index contributed by atoms with van der Waals surface area (Å²) in [5.41, 5.74) is 3.98. The predicted octanol–water partition coefficient (Wildman–Crippen LogP) is 7.00. The summed E-state index contributed by atoms with van der Waals surface area (Å²) in [6.45, 7) is 0. The summed E-state index contributed by atoms with van der Waals surface area (Å²) < 4.78 is 21.5. The van der Waals surface area contributed by atoms with Crippen molar-refractivity contribution < 1.29 is 18.9 Å². The van der Waals surface area contributed by atoms with Crippen LogP contribution < -0.4 is 18.9 Å². The molecular formula is C30H28N2O4S. The van der Waals surface area contributed by atoms with Crippen LogP contribution in [-0.4, -0.2) is 38.4 Å². The molecule has 7 heteroatoms. The molecule has 6 nitrogen and oxygen atoms in total. The normalized spacial score (nSPS) is 11.1. The van der Waals surface area contributed by atoms with E-state index in [9.17, 15) is 0 Å². The van der Waals surface area contributed by atoms with Crippen LogP contribution in [0.5, 0.6) is 23.0 Å². The Kier molecular flexibility index (Phi) is 8.84. The van der Waals surface area contributed by atoms with Gasteiger partial charge in [0.2, 0.25) is 0 Å². The number of methoxy groups -OCH3 is 4. The molecule has 37 heavy (non-hydrogen) atoms. The number of aromatic nitrogens is 2. The van der Waals surface area contributed by atoms with Gasteiger partial charge in [-0.3, -0.25) is 0 Å². The van der Waals surface area contributed by atoms with E-state index in [1.165, 1.54) is 11.8 Å². The van der Waals surface area contributed by atoms with Crippen molar-refractivity contribution in [3.8, 4) is 23.0 Å². The number of benzene rings is 2. The largest absolute Gasteiger partial charge is 0.497 e. The fraction of sp³-hybridized carbons (Fsp3) is 0.133. The Labute approximate surface area is 221 Å². The van der Waals surface area contributed by atoms with Gasteiger partial charge in [0.15, 0.2) is 0 Å². The van der Waals surface area contributed by atoms with Crippen LogP contribution in [0, 0.1) is 0 Å². The average molecular weight is 513 g/mol. The third-order valence-electron chi connectivity index (χ3n) is 5.52. The van der Waals surface area contributed by atoms with Crippen LogP contribution in [-0.2, 0) is 0 Å². The molecule has 2 aromatic heterocycles. The molecule has 0 fully saturated rings. The van der Waals surface area contributed by atoms with Crippen LogP contribution >= 0.6 is 11.8 Å². The van der Waals surface area contributed by atoms with E-state index in [2.05, 4.69) is 9.97 Å². The third kappa shape index (κ3) is 6.92. The number of pyridine rings is 2. The predicted molar refractivity (Wildman–Crippen MR) is 150 cm³/mol. The van der Waals surface area contributed by atoms with Gasteiger partial charge in [0.1, 0.15) is 33.0 Å². The average Bonchev–Trinajstić information content (AvgIpc) is 2.95. The minimum Gasteiger partial charge on any atom is -0.497 e. The Bertz CT molecular complexity index is 1310. The Balaban J connectivity index is 1.48. The van der Waals surface area contributed by atoms with E-state index in [4.69, 9.17) is 18.9 Å². The summed E-state index contributed by atoms with van der Waals surface area (Å²) in [6, 6.07) is 19.5. The van der Waals surface area contributed by atoms with Gasteiger partial charge in [0.25, 0.3) is 0 Å². The number of ether oxygens (including phenoxy) is 4. The zero-order valence-corrected chi connectivity index (χ0v) is 22.0. The first kappa shape index (κ1) is 25.9. The summed E-state index contributed by atoms with van der Waals surface area (Å²) in [6.07, 6.45) is 11.7. The van der Waals surface area contributed by atoms with Crippen molar-refractivity contribution in [3.63, 3.8) is 0 Å². The molecular weight excluding hydrogens is 484 g/mol. The van der Waals surface area contributed by atoms with Crippen molar-refractivity contribution in [1.82, 2.24) is 9.97 Å². The Hall–Kier alpha value is -4.23. The molecule has 0 atom stereocenters. The molecule has 4 rings (SSSR count). The SMILES string of the molecule is COc1ccc(C=Cc2ccnc(Sc3cc(/C=C/c4ccc(OC)cc4OC)ccn3)c2)c(OC)c1. The first-order valence-corrected chi connectivity index (χ1v) is 12.3. The van der Waals surface area contributed by atoms with E-state index in [1.54, 1.807) is 40.8 Å². The quantitative estimate of drug-likeness (QED) is 0.227. The summed E-state index contributed by atoms with van der Waals surface area (Å²) in [4.78, 5) is 9.02. The van der Waals surface area contributed by atoms with Crippen LogP contribution in [0.2, 0.25) is 0 Å². The van der Waals surface area contributed by atoms with Crippen molar-refractivity contribution in [2.45, 2.75) is 10.1 Å². The Morgan fingerprint density at radius 1 is 0.541 bits per heavy atom. The van der Waals surface area contributed by atoms with Gasteiger partial charge in [-0.25, -0.2) is 9.97 Å². The monoisotopic (exact) mass is 512 g/mol. The van der Waals surface area contributed by atoms with E-state index in [-0.39, 0.29) is 0 Å². The van der Waals surface area contributed by atoms with Crippen molar-refractivity contribution >= 4 is 36.1 Å². The summed E-state index contributed by atoms with van der Waals surface area (Å²) in [5.74, 6) is 3.01. The lowest BCUT2D eigenvalue weighted by atomic mass is 10.1. The second-order valence-corrected chi connectivity index (χ2v) is 8.88. The van der Waals surface area contributed by atoms with Gasteiger partial charge in [0, 0.05) is 35.7 Å². The molecule has 0 saturated heterocycles. The smallest absolute Gasteiger partial charge is 0.129 e. The van der Waals surface area contributed by atoms with Gasteiger partial charge in [-0.15, -0.1) is 0 Å². The number of hydrogen-bond acceptors (Lipinski definition) is 7. The number of hydrogen-bond donors (Lipinski definition) is 0. The maximum atomic E-state index is 5.49. The topological polar surface area (TPSA) is 62.7 Å². The first-order chi connectivity index (χ1) is 18.1. The fourth-order valence-electron chi connectivity index (χ4n) is 3.56. The van der Waals surface area contributed by atoms with Crippen LogP contribution in [0.1, 0.15) is 22.3 Å². The molecule has 2 aromatic carbocycles. The minimum atomic E-state index is 0.751. The standard InChI is InChI=1S/C30H28N2O4S/c1-33-25-11-9-23(27(19-25)35-3)7-5-21-13-15-31-29(17-21)37-30-18-22(14-16-32-30)6-8-24-10-12-26(34-2)20-28(24)36-4/h5-20H,1-4H3/b7-5+,8-6?. The highest BCUT2D eigenvalue weighted by atomic mass is 32.2. The van der Waals surface area contributed by atoms with Gasteiger partial charge >= 0.3 is 0 Å². The summed E-state index contributed by atoms with van der Waals surface area (Å²) in [7, 11) is 6.58. The van der Waals surface area contributed by atoms with Gasteiger partial charge in [0.05, 0.1) is 28.4 Å². The molecule has 0 aliphatic carbocycles. The van der Waals surface area contributed by atoms with Gasteiger partial charge in [-0.1, -0.05) is 36.1 Å². The highest BCUT2D eigenvalue weighted by Gasteiger charge is 2.05. The van der Waals surface area contributed by atoms with Gasteiger partial charge in [-0.05, 0) is 59.7 Å². The van der Waals surface area contributed by atoms with Gasteiger partial charge in [-0.2, -0.15) is 0 Å². The van der Waals surface area contributed by atoms with E-state index < -0.39 is 0 Å². The van der Waals surface area contributed by atoms with Crippen LogP contribution in [0.25, 0.3) is 24.3 Å². The molecule has 0 N–H and O–H groups in total. The highest BCUT2D eigenvalue weighted by Crippen LogP contribution is 2.29. The lowest BCUT2D eigenvalue weighted by molar-refractivity contribution is 0.393. The number of nitrogens with zero attached hydrogens (tertiary/aromatic N) is 2. The van der Waals surface area contributed by atoms with Crippen LogP contribution in [0.15, 0.2) is 83.1 Å². The minimum absolute atomic E-state index is 0.751. The first-order valence-electron chi connectivity index (χ1n) is 11.5.